The van der Waals surface area contributed by atoms with Crippen molar-refractivity contribution >= 4 is 5.95 Å². The zero-order valence-electron chi connectivity index (χ0n) is 11.6. The standard InChI is InChI=1S/C15H18N4/c1-9-5-4-6-13-12(9)7-8-14(13)19-15-17-10(2)16-11(3)18-15/h4-6,14H,7-8H2,1-3H3,(H,16,17,18,19). The van der Waals surface area contributed by atoms with Crippen LogP contribution in [0, 0.1) is 20.8 Å². The number of hydrogen-bond acceptors (Lipinski definition) is 4. The molecule has 1 aromatic carbocycles. The summed E-state index contributed by atoms with van der Waals surface area (Å²) < 4.78 is 0. The van der Waals surface area contributed by atoms with Crippen molar-refractivity contribution in [1.29, 1.82) is 0 Å². The Morgan fingerprint density at radius 1 is 1.05 bits per heavy atom. The molecule has 0 fully saturated rings. The molecule has 0 saturated heterocycles. The lowest BCUT2D eigenvalue weighted by Gasteiger charge is -2.14. The Labute approximate surface area is 113 Å². The summed E-state index contributed by atoms with van der Waals surface area (Å²) in [7, 11) is 0. The van der Waals surface area contributed by atoms with E-state index in [1.54, 1.807) is 0 Å². The zero-order valence-corrected chi connectivity index (χ0v) is 11.6. The van der Waals surface area contributed by atoms with Gasteiger partial charge in [0.2, 0.25) is 5.95 Å². The van der Waals surface area contributed by atoms with Gasteiger partial charge in [0, 0.05) is 0 Å². The molecule has 0 radical (unpaired) electrons. The molecule has 19 heavy (non-hydrogen) atoms. The molecule has 98 valence electrons. The topological polar surface area (TPSA) is 50.7 Å². The fourth-order valence-electron chi connectivity index (χ4n) is 2.82. The first-order valence-electron chi connectivity index (χ1n) is 6.67. The first-order chi connectivity index (χ1) is 9.13. The summed E-state index contributed by atoms with van der Waals surface area (Å²) in [6.07, 6.45) is 2.23. The maximum atomic E-state index is 4.36. The highest BCUT2D eigenvalue weighted by atomic mass is 15.2. The molecule has 1 aliphatic rings. The van der Waals surface area contributed by atoms with Gasteiger partial charge in [0.05, 0.1) is 6.04 Å². The van der Waals surface area contributed by atoms with Gasteiger partial charge in [0.1, 0.15) is 11.6 Å². The molecule has 0 spiro atoms. The summed E-state index contributed by atoms with van der Waals surface area (Å²) in [5.41, 5.74) is 4.24. The number of hydrogen-bond donors (Lipinski definition) is 1. The van der Waals surface area contributed by atoms with Gasteiger partial charge in [-0.25, -0.2) is 4.98 Å². The van der Waals surface area contributed by atoms with Crippen LogP contribution < -0.4 is 5.32 Å². The SMILES string of the molecule is Cc1nc(C)nc(NC2CCc3c(C)cccc32)n1. The number of fused-ring (bicyclic) bond motifs is 1. The lowest BCUT2D eigenvalue weighted by atomic mass is 10.0. The Morgan fingerprint density at radius 3 is 2.53 bits per heavy atom. The highest BCUT2D eigenvalue weighted by Crippen LogP contribution is 2.34. The van der Waals surface area contributed by atoms with Crippen molar-refractivity contribution in [3.8, 4) is 0 Å². The highest BCUT2D eigenvalue weighted by Gasteiger charge is 2.24. The monoisotopic (exact) mass is 254 g/mol. The third-order valence-electron chi connectivity index (χ3n) is 3.67. The first-order valence-corrected chi connectivity index (χ1v) is 6.67. The molecule has 1 aromatic heterocycles. The van der Waals surface area contributed by atoms with Crippen LogP contribution >= 0.6 is 0 Å². The second-order valence-electron chi connectivity index (χ2n) is 5.13. The smallest absolute Gasteiger partial charge is 0.226 e. The second-order valence-corrected chi connectivity index (χ2v) is 5.13. The van der Waals surface area contributed by atoms with Crippen LogP contribution in [0.4, 0.5) is 5.95 Å². The van der Waals surface area contributed by atoms with E-state index >= 15 is 0 Å². The van der Waals surface area contributed by atoms with E-state index in [4.69, 9.17) is 0 Å². The van der Waals surface area contributed by atoms with Crippen LogP contribution in [0.15, 0.2) is 18.2 Å². The van der Waals surface area contributed by atoms with Crippen LogP contribution in [0.1, 0.15) is 40.8 Å². The van der Waals surface area contributed by atoms with E-state index < -0.39 is 0 Å². The molecular weight excluding hydrogens is 236 g/mol. The number of nitrogens with zero attached hydrogens (tertiary/aromatic N) is 3. The first kappa shape index (κ1) is 12.1. The predicted octanol–water partition coefficient (Wildman–Crippen LogP) is 2.90. The molecule has 1 atom stereocenters. The minimum atomic E-state index is 0.316. The molecule has 4 nitrogen and oxygen atoms in total. The summed E-state index contributed by atoms with van der Waals surface area (Å²) in [5.74, 6) is 2.21. The Balaban J connectivity index is 1.89. The van der Waals surface area contributed by atoms with Crippen molar-refractivity contribution in [2.24, 2.45) is 0 Å². The van der Waals surface area contributed by atoms with Crippen molar-refractivity contribution in [2.45, 2.75) is 39.7 Å². The lowest BCUT2D eigenvalue weighted by Crippen LogP contribution is -2.12. The molecule has 4 heteroatoms. The van der Waals surface area contributed by atoms with Gasteiger partial charge in [-0.2, -0.15) is 9.97 Å². The van der Waals surface area contributed by atoms with Gasteiger partial charge in [0.25, 0.3) is 0 Å². The second kappa shape index (κ2) is 4.61. The predicted molar refractivity (Wildman–Crippen MR) is 75.2 cm³/mol. The van der Waals surface area contributed by atoms with Crippen LogP contribution in [-0.2, 0) is 6.42 Å². The Morgan fingerprint density at radius 2 is 1.79 bits per heavy atom. The summed E-state index contributed by atoms with van der Waals surface area (Å²) >= 11 is 0. The Bertz CT molecular complexity index is 601. The third-order valence-corrected chi connectivity index (χ3v) is 3.67. The van der Waals surface area contributed by atoms with E-state index in [9.17, 15) is 0 Å². The van der Waals surface area contributed by atoms with Crippen molar-refractivity contribution in [2.75, 3.05) is 5.32 Å². The van der Waals surface area contributed by atoms with E-state index in [2.05, 4.69) is 45.4 Å². The van der Waals surface area contributed by atoms with Crippen molar-refractivity contribution in [3.05, 3.63) is 46.5 Å². The number of aryl methyl sites for hydroxylation is 3. The van der Waals surface area contributed by atoms with Gasteiger partial charge in [-0.05, 0) is 50.3 Å². The Kier molecular flexibility index (Phi) is 2.93. The van der Waals surface area contributed by atoms with E-state index in [1.807, 2.05) is 13.8 Å². The van der Waals surface area contributed by atoms with Gasteiger partial charge in [0.15, 0.2) is 0 Å². The molecule has 0 saturated carbocycles. The van der Waals surface area contributed by atoms with Crippen molar-refractivity contribution < 1.29 is 0 Å². The average molecular weight is 254 g/mol. The van der Waals surface area contributed by atoms with Crippen LogP contribution in [0.2, 0.25) is 0 Å². The van der Waals surface area contributed by atoms with Crippen LogP contribution in [0.25, 0.3) is 0 Å². The van der Waals surface area contributed by atoms with Crippen molar-refractivity contribution in [3.63, 3.8) is 0 Å². The van der Waals surface area contributed by atoms with Crippen LogP contribution in [0.3, 0.4) is 0 Å². The van der Waals surface area contributed by atoms with Gasteiger partial charge in [-0.3, -0.25) is 0 Å². The Hall–Kier alpha value is -1.97. The molecule has 3 rings (SSSR count). The molecule has 2 aromatic rings. The molecule has 1 aliphatic carbocycles. The van der Waals surface area contributed by atoms with E-state index in [0.29, 0.717) is 12.0 Å². The van der Waals surface area contributed by atoms with E-state index in [1.165, 1.54) is 16.7 Å². The van der Waals surface area contributed by atoms with E-state index in [0.717, 1.165) is 24.5 Å². The summed E-state index contributed by atoms with van der Waals surface area (Å²) in [6.45, 7) is 5.97. The zero-order chi connectivity index (χ0) is 13.4. The number of rotatable bonds is 2. The highest BCUT2D eigenvalue weighted by molar-refractivity contribution is 5.44. The van der Waals surface area contributed by atoms with Crippen LogP contribution in [0.5, 0.6) is 0 Å². The molecule has 0 aliphatic heterocycles. The quantitative estimate of drug-likeness (QED) is 0.895. The van der Waals surface area contributed by atoms with E-state index in [-0.39, 0.29) is 0 Å². The number of nitrogens with one attached hydrogen (secondary N) is 1. The maximum Gasteiger partial charge on any atom is 0.226 e. The fraction of sp³-hybridized carbons (Fsp3) is 0.400. The largest absolute Gasteiger partial charge is 0.347 e. The molecular formula is C15H18N4. The molecule has 1 heterocycles. The lowest BCUT2D eigenvalue weighted by molar-refractivity contribution is 0.743. The molecule has 0 bridgehead atoms. The molecule has 1 N–H and O–H groups in total. The fourth-order valence-corrected chi connectivity index (χ4v) is 2.82. The summed E-state index contributed by atoms with van der Waals surface area (Å²) in [5, 5.41) is 3.44. The normalized spacial score (nSPS) is 17.3. The van der Waals surface area contributed by atoms with Gasteiger partial charge in [-0.1, -0.05) is 18.2 Å². The minimum absolute atomic E-state index is 0.316. The number of benzene rings is 1. The third kappa shape index (κ3) is 2.30. The van der Waals surface area contributed by atoms with Gasteiger partial charge < -0.3 is 5.32 Å². The molecule has 1 unspecified atom stereocenters. The molecule has 0 amide bonds. The number of anilines is 1. The maximum absolute atomic E-state index is 4.36. The minimum Gasteiger partial charge on any atom is -0.347 e. The number of aromatic nitrogens is 3. The van der Waals surface area contributed by atoms with Crippen molar-refractivity contribution in [1.82, 2.24) is 15.0 Å². The summed E-state index contributed by atoms with van der Waals surface area (Å²) in [4.78, 5) is 12.9. The van der Waals surface area contributed by atoms with Gasteiger partial charge >= 0.3 is 0 Å². The van der Waals surface area contributed by atoms with Crippen LogP contribution in [-0.4, -0.2) is 15.0 Å². The van der Waals surface area contributed by atoms with Gasteiger partial charge in [-0.15, -0.1) is 0 Å². The summed E-state index contributed by atoms with van der Waals surface area (Å²) in [6, 6.07) is 6.82. The average Bonchev–Trinajstić information content (AvgIpc) is 2.73.